The zero-order chi connectivity index (χ0) is 13.6. The van der Waals surface area contributed by atoms with Crippen LogP contribution in [0, 0.1) is 5.92 Å². The lowest BCUT2D eigenvalue weighted by molar-refractivity contribution is 0.0113. The van der Waals surface area contributed by atoms with E-state index in [4.69, 9.17) is 10.5 Å². The maximum atomic E-state index is 6.11. The van der Waals surface area contributed by atoms with Gasteiger partial charge in [-0.2, -0.15) is 0 Å². The third-order valence-electron chi connectivity index (χ3n) is 4.57. The van der Waals surface area contributed by atoms with E-state index in [0.29, 0.717) is 6.10 Å². The summed E-state index contributed by atoms with van der Waals surface area (Å²) in [6.45, 7) is 9.07. The summed E-state index contributed by atoms with van der Waals surface area (Å²) in [6.07, 6.45) is 6.83. The minimum absolute atomic E-state index is 0.221. The monoisotopic (exact) mass is 256 g/mol. The van der Waals surface area contributed by atoms with E-state index in [1.54, 1.807) is 0 Å². The highest BCUT2D eigenvalue weighted by Gasteiger charge is 2.37. The molecule has 0 aliphatic heterocycles. The van der Waals surface area contributed by atoms with E-state index >= 15 is 0 Å². The van der Waals surface area contributed by atoms with Crippen LogP contribution in [-0.4, -0.2) is 43.3 Å². The molecule has 0 aromatic heterocycles. The Morgan fingerprint density at radius 1 is 1.44 bits per heavy atom. The van der Waals surface area contributed by atoms with Crippen LogP contribution in [0.15, 0.2) is 0 Å². The van der Waals surface area contributed by atoms with Crippen molar-refractivity contribution in [2.24, 2.45) is 11.7 Å². The second kappa shape index (κ2) is 7.46. The number of ether oxygens (including phenoxy) is 1. The summed E-state index contributed by atoms with van der Waals surface area (Å²) in [5.41, 5.74) is 6.33. The Labute approximate surface area is 113 Å². The molecule has 3 heteroatoms. The second-order valence-corrected chi connectivity index (χ2v) is 6.14. The Morgan fingerprint density at radius 2 is 2.17 bits per heavy atom. The van der Waals surface area contributed by atoms with Crippen LogP contribution in [0.4, 0.5) is 0 Å². The fourth-order valence-corrected chi connectivity index (χ4v) is 3.16. The molecule has 1 aliphatic carbocycles. The average Bonchev–Trinajstić information content (AvgIpc) is 2.38. The van der Waals surface area contributed by atoms with Crippen LogP contribution in [0.1, 0.15) is 52.9 Å². The van der Waals surface area contributed by atoms with Crippen molar-refractivity contribution in [1.29, 1.82) is 0 Å². The Balaban J connectivity index is 2.51. The lowest BCUT2D eigenvalue weighted by Crippen LogP contribution is -2.55. The quantitative estimate of drug-likeness (QED) is 0.761. The minimum atomic E-state index is 0.221. The molecule has 0 aromatic rings. The molecule has 0 spiro atoms. The number of hydrogen-bond acceptors (Lipinski definition) is 3. The van der Waals surface area contributed by atoms with Gasteiger partial charge >= 0.3 is 0 Å². The van der Waals surface area contributed by atoms with Crippen LogP contribution < -0.4 is 5.73 Å². The molecule has 3 nitrogen and oxygen atoms in total. The topological polar surface area (TPSA) is 38.5 Å². The molecule has 1 aliphatic rings. The Morgan fingerprint density at radius 3 is 2.72 bits per heavy atom. The van der Waals surface area contributed by atoms with E-state index in [2.05, 4.69) is 32.7 Å². The molecule has 0 amide bonds. The molecule has 1 saturated carbocycles. The summed E-state index contributed by atoms with van der Waals surface area (Å²) in [7, 11) is 2.22. The molecule has 1 fully saturated rings. The van der Waals surface area contributed by atoms with Crippen LogP contribution in [0.2, 0.25) is 0 Å². The van der Waals surface area contributed by atoms with E-state index < -0.39 is 0 Å². The molecule has 2 N–H and O–H groups in total. The van der Waals surface area contributed by atoms with Crippen molar-refractivity contribution in [2.45, 2.75) is 64.5 Å². The highest BCUT2D eigenvalue weighted by atomic mass is 16.5. The first-order valence-electron chi connectivity index (χ1n) is 7.57. The summed E-state index contributed by atoms with van der Waals surface area (Å²) in [6, 6.07) is 0. The largest absolute Gasteiger partial charge is 0.377 e. The second-order valence-electron chi connectivity index (χ2n) is 6.14. The van der Waals surface area contributed by atoms with E-state index in [1.807, 2.05) is 0 Å². The molecule has 0 aromatic carbocycles. The predicted molar refractivity (Wildman–Crippen MR) is 77.8 cm³/mol. The molecule has 108 valence electrons. The number of nitrogens with two attached hydrogens (primary N) is 1. The van der Waals surface area contributed by atoms with Gasteiger partial charge in [-0.1, -0.05) is 26.2 Å². The Kier molecular flexibility index (Phi) is 6.61. The van der Waals surface area contributed by atoms with Gasteiger partial charge in [-0.25, -0.2) is 0 Å². The normalized spacial score (nSPS) is 29.2. The van der Waals surface area contributed by atoms with E-state index in [0.717, 1.165) is 25.6 Å². The van der Waals surface area contributed by atoms with Crippen molar-refractivity contribution in [1.82, 2.24) is 4.90 Å². The van der Waals surface area contributed by atoms with Crippen molar-refractivity contribution >= 4 is 0 Å². The van der Waals surface area contributed by atoms with Gasteiger partial charge < -0.3 is 10.5 Å². The van der Waals surface area contributed by atoms with Crippen molar-refractivity contribution in [2.75, 3.05) is 26.7 Å². The van der Waals surface area contributed by atoms with Gasteiger partial charge in [0, 0.05) is 18.6 Å². The van der Waals surface area contributed by atoms with Crippen molar-refractivity contribution in [3.63, 3.8) is 0 Å². The lowest BCUT2D eigenvalue weighted by atomic mass is 9.74. The fraction of sp³-hybridized carbons (Fsp3) is 1.00. The number of nitrogens with zero attached hydrogens (tertiary/aromatic N) is 1. The highest BCUT2D eigenvalue weighted by molar-refractivity contribution is 4.95. The first kappa shape index (κ1) is 15.9. The standard InChI is InChI=1S/C15H32N2O/c1-5-14-7-6-8-15(11-14,12-16)17(4)9-10-18-13(2)3/h13-14H,5-12,16H2,1-4H3. The average molecular weight is 256 g/mol. The minimum Gasteiger partial charge on any atom is -0.377 e. The molecule has 18 heavy (non-hydrogen) atoms. The maximum absolute atomic E-state index is 6.11. The van der Waals surface area contributed by atoms with Crippen LogP contribution in [0.3, 0.4) is 0 Å². The molecular weight excluding hydrogens is 224 g/mol. The van der Waals surface area contributed by atoms with Gasteiger partial charge in [0.05, 0.1) is 12.7 Å². The van der Waals surface area contributed by atoms with Crippen LogP contribution >= 0.6 is 0 Å². The van der Waals surface area contributed by atoms with Gasteiger partial charge in [0.25, 0.3) is 0 Å². The third kappa shape index (κ3) is 4.22. The molecule has 0 saturated heterocycles. The third-order valence-corrected chi connectivity index (χ3v) is 4.57. The van der Waals surface area contributed by atoms with Gasteiger partial charge in [0.1, 0.15) is 0 Å². The van der Waals surface area contributed by atoms with E-state index in [-0.39, 0.29) is 5.54 Å². The first-order chi connectivity index (χ1) is 8.54. The van der Waals surface area contributed by atoms with Crippen LogP contribution in [0.25, 0.3) is 0 Å². The smallest absolute Gasteiger partial charge is 0.0597 e. The van der Waals surface area contributed by atoms with Gasteiger partial charge in [0.15, 0.2) is 0 Å². The summed E-state index contributed by atoms with van der Waals surface area (Å²) in [5.74, 6) is 0.857. The van der Waals surface area contributed by atoms with Gasteiger partial charge in [-0.3, -0.25) is 4.90 Å². The van der Waals surface area contributed by atoms with Crippen molar-refractivity contribution < 1.29 is 4.74 Å². The summed E-state index contributed by atoms with van der Waals surface area (Å²) in [5, 5.41) is 0. The van der Waals surface area contributed by atoms with Gasteiger partial charge in [-0.05, 0) is 39.7 Å². The Bertz CT molecular complexity index is 233. The number of hydrogen-bond donors (Lipinski definition) is 1. The van der Waals surface area contributed by atoms with Crippen LogP contribution in [0.5, 0.6) is 0 Å². The highest BCUT2D eigenvalue weighted by Crippen LogP contribution is 2.37. The zero-order valence-corrected chi connectivity index (χ0v) is 12.7. The SMILES string of the molecule is CCC1CCCC(CN)(N(C)CCOC(C)C)C1. The van der Waals surface area contributed by atoms with E-state index in [9.17, 15) is 0 Å². The first-order valence-corrected chi connectivity index (χ1v) is 7.57. The molecule has 2 unspecified atom stereocenters. The van der Waals surface area contributed by atoms with Gasteiger partial charge in [0.2, 0.25) is 0 Å². The molecule has 0 heterocycles. The zero-order valence-electron chi connectivity index (χ0n) is 12.7. The number of likely N-dealkylation sites (N-methyl/N-ethyl adjacent to an activating group) is 1. The number of rotatable bonds is 7. The molecule has 2 atom stereocenters. The van der Waals surface area contributed by atoms with E-state index in [1.165, 1.54) is 32.1 Å². The summed E-state index contributed by atoms with van der Waals surface area (Å²) < 4.78 is 5.66. The predicted octanol–water partition coefficient (Wildman–Crippen LogP) is 2.64. The summed E-state index contributed by atoms with van der Waals surface area (Å²) >= 11 is 0. The van der Waals surface area contributed by atoms with Crippen molar-refractivity contribution in [3.8, 4) is 0 Å². The molecule has 0 bridgehead atoms. The maximum Gasteiger partial charge on any atom is 0.0597 e. The van der Waals surface area contributed by atoms with Crippen molar-refractivity contribution in [3.05, 3.63) is 0 Å². The fourth-order valence-electron chi connectivity index (χ4n) is 3.16. The molecule has 1 rings (SSSR count). The van der Waals surface area contributed by atoms with Gasteiger partial charge in [-0.15, -0.1) is 0 Å². The molecule has 0 radical (unpaired) electrons. The Hall–Kier alpha value is -0.120. The summed E-state index contributed by atoms with van der Waals surface area (Å²) in [4.78, 5) is 2.46. The lowest BCUT2D eigenvalue weighted by Gasteiger charge is -2.46. The molecular formula is C15H32N2O. The van der Waals surface area contributed by atoms with Crippen LogP contribution in [-0.2, 0) is 4.74 Å².